The summed E-state index contributed by atoms with van der Waals surface area (Å²) in [5.41, 5.74) is 1.39. The van der Waals surface area contributed by atoms with Gasteiger partial charge in [-0.2, -0.15) is 4.80 Å². The molecule has 2 aromatic carbocycles. The summed E-state index contributed by atoms with van der Waals surface area (Å²) < 4.78 is 1.01. The lowest BCUT2D eigenvalue weighted by Crippen LogP contribution is -2.30. The molecule has 0 aliphatic carbocycles. The molecule has 22 heavy (non-hydrogen) atoms. The molecule has 0 spiro atoms. The van der Waals surface area contributed by atoms with Crippen LogP contribution in [0.2, 0.25) is 5.02 Å². The van der Waals surface area contributed by atoms with Crippen molar-refractivity contribution in [2.24, 2.45) is 0 Å². The highest BCUT2D eigenvalue weighted by Crippen LogP contribution is 2.30. The van der Waals surface area contributed by atoms with Gasteiger partial charge in [-0.1, -0.05) is 45.7 Å². The van der Waals surface area contributed by atoms with Crippen molar-refractivity contribution in [1.82, 2.24) is 20.2 Å². The average Bonchev–Trinajstić information content (AvgIpc) is 2.99. The second kappa shape index (κ2) is 5.82. The molecule has 0 saturated carbocycles. The summed E-state index contributed by atoms with van der Waals surface area (Å²) in [5.74, 6) is 0.590. The Kier molecular flexibility index (Phi) is 4.02. The summed E-state index contributed by atoms with van der Waals surface area (Å²) in [6.07, 6.45) is 0. The van der Waals surface area contributed by atoms with Gasteiger partial charge in [-0.15, -0.1) is 10.2 Å². The number of hydrogen-bond acceptors (Lipinski definition) is 3. The molecule has 3 aromatic rings. The van der Waals surface area contributed by atoms with Crippen molar-refractivity contribution in [3.05, 3.63) is 63.6 Å². The van der Waals surface area contributed by atoms with Gasteiger partial charge in [0.15, 0.2) is 0 Å². The zero-order valence-corrected chi connectivity index (χ0v) is 14.5. The lowest BCUT2D eigenvalue weighted by atomic mass is 9.95. The molecule has 112 valence electrons. The number of aromatic nitrogens is 4. The lowest BCUT2D eigenvalue weighted by Gasteiger charge is -2.24. The van der Waals surface area contributed by atoms with Crippen molar-refractivity contribution in [1.29, 1.82) is 0 Å². The minimum absolute atomic E-state index is 0.487. The van der Waals surface area contributed by atoms with Gasteiger partial charge in [-0.25, -0.2) is 0 Å². The van der Waals surface area contributed by atoms with Crippen LogP contribution in [0.4, 0.5) is 0 Å². The molecule has 3 rings (SSSR count). The van der Waals surface area contributed by atoms with Gasteiger partial charge in [0.2, 0.25) is 5.82 Å². The predicted octanol–water partition coefficient (Wildman–Crippen LogP) is 4.54. The third-order valence-corrected chi connectivity index (χ3v) is 4.41. The van der Waals surface area contributed by atoms with E-state index in [1.54, 1.807) is 4.80 Å². The summed E-state index contributed by atoms with van der Waals surface area (Å²) in [6, 6.07) is 15.5. The van der Waals surface area contributed by atoms with Crippen LogP contribution in [-0.2, 0) is 5.54 Å². The minimum Gasteiger partial charge on any atom is -0.154 e. The Hall–Kier alpha value is -1.72. The van der Waals surface area contributed by atoms with E-state index >= 15 is 0 Å². The third-order valence-electron chi connectivity index (χ3n) is 3.55. The van der Waals surface area contributed by atoms with E-state index in [1.807, 2.05) is 62.4 Å². The minimum atomic E-state index is -0.487. The van der Waals surface area contributed by atoms with E-state index in [0.717, 1.165) is 15.6 Å². The molecule has 0 fully saturated rings. The molecule has 0 N–H and O–H groups in total. The highest BCUT2D eigenvalue weighted by Gasteiger charge is 2.28. The summed E-state index contributed by atoms with van der Waals surface area (Å²) in [7, 11) is 0. The van der Waals surface area contributed by atoms with Gasteiger partial charge in [-0.05, 0) is 55.0 Å². The Morgan fingerprint density at radius 2 is 1.73 bits per heavy atom. The summed E-state index contributed by atoms with van der Waals surface area (Å²) in [6.45, 7) is 4.03. The number of halogens is 2. The molecule has 0 amide bonds. The Morgan fingerprint density at radius 3 is 2.41 bits per heavy atom. The first-order chi connectivity index (χ1) is 10.5. The Bertz CT molecular complexity index is 796. The van der Waals surface area contributed by atoms with Crippen LogP contribution < -0.4 is 0 Å². The zero-order chi connectivity index (χ0) is 15.7. The van der Waals surface area contributed by atoms with Crippen molar-refractivity contribution in [2.45, 2.75) is 19.4 Å². The number of tetrazole rings is 1. The van der Waals surface area contributed by atoms with E-state index in [-0.39, 0.29) is 0 Å². The van der Waals surface area contributed by atoms with E-state index in [9.17, 15) is 0 Å². The maximum atomic E-state index is 6.31. The first kappa shape index (κ1) is 15.2. The fraction of sp³-hybridized carbons (Fsp3) is 0.188. The van der Waals surface area contributed by atoms with Gasteiger partial charge in [0.1, 0.15) is 5.54 Å². The van der Waals surface area contributed by atoms with Crippen LogP contribution in [-0.4, -0.2) is 20.2 Å². The Labute approximate surface area is 142 Å². The van der Waals surface area contributed by atoms with E-state index < -0.39 is 5.54 Å². The van der Waals surface area contributed by atoms with Crippen LogP contribution in [0.1, 0.15) is 19.4 Å². The number of hydrogen-bond donors (Lipinski definition) is 0. The smallest absolute Gasteiger partial charge is 0.154 e. The highest BCUT2D eigenvalue weighted by atomic mass is 79.9. The molecule has 0 atom stereocenters. The van der Waals surface area contributed by atoms with Crippen molar-refractivity contribution in [3.8, 4) is 11.4 Å². The van der Waals surface area contributed by atoms with Crippen LogP contribution in [0.15, 0.2) is 53.0 Å². The maximum Gasteiger partial charge on any atom is 0.204 e. The largest absolute Gasteiger partial charge is 0.204 e. The molecule has 0 aliphatic rings. The fourth-order valence-corrected chi connectivity index (χ4v) is 2.86. The molecule has 6 heteroatoms. The molecular formula is C16H14BrClN4. The Balaban J connectivity index is 1.99. The van der Waals surface area contributed by atoms with Gasteiger partial charge >= 0.3 is 0 Å². The van der Waals surface area contributed by atoms with Crippen LogP contribution in [0.25, 0.3) is 11.4 Å². The van der Waals surface area contributed by atoms with Crippen LogP contribution >= 0.6 is 27.5 Å². The molecule has 0 radical (unpaired) electrons. The molecule has 0 aliphatic heterocycles. The standard InChI is InChI=1S/C16H14BrClN4/c1-16(2,13-5-3-4-6-14(13)18)22-20-15(19-21-22)11-7-9-12(17)10-8-11/h3-10H,1-2H3. The first-order valence-corrected chi connectivity index (χ1v) is 7.97. The van der Waals surface area contributed by atoms with Crippen molar-refractivity contribution in [2.75, 3.05) is 0 Å². The number of benzene rings is 2. The fourth-order valence-electron chi connectivity index (χ4n) is 2.23. The van der Waals surface area contributed by atoms with Gasteiger partial charge in [0.25, 0.3) is 0 Å². The molecule has 4 nitrogen and oxygen atoms in total. The Morgan fingerprint density at radius 1 is 1.05 bits per heavy atom. The zero-order valence-electron chi connectivity index (χ0n) is 12.2. The van der Waals surface area contributed by atoms with E-state index in [0.29, 0.717) is 10.8 Å². The molecule has 1 heterocycles. The second-order valence-electron chi connectivity index (χ2n) is 5.45. The van der Waals surface area contributed by atoms with Crippen molar-refractivity contribution >= 4 is 27.5 Å². The van der Waals surface area contributed by atoms with E-state index in [2.05, 4.69) is 31.3 Å². The number of rotatable bonds is 3. The summed E-state index contributed by atoms with van der Waals surface area (Å²) >= 11 is 9.72. The SMILES string of the molecule is CC(C)(c1ccccc1Cl)n1nnc(-c2ccc(Br)cc2)n1. The predicted molar refractivity (Wildman–Crippen MR) is 90.8 cm³/mol. The van der Waals surface area contributed by atoms with E-state index in [1.165, 1.54) is 0 Å². The monoisotopic (exact) mass is 376 g/mol. The molecule has 0 saturated heterocycles. The molecule has 1 aromatic heterocycles. The molecule has 0 unspecified atom stereocenters. The van der Waals surface area contributed by atoms with Crippen LogP contribution in [0.3, 0.4) is 0 Å². The van der Waals surface area contributed by atoms with E-state index in [4.69, 9.17) is 11.6 Å². The topological polar surface area (TPSA) is 43.6 Å². The molecule has 0 bridgehead atoms. The van der Waals surface area contributed by atoms with Gasteiger partial charge in [0.05, 0.1) is 0 Å². The van der Waals surface area contributed by atoms with Gasteiger partial charge < -0.3 is 0 Å². The quantitative estimate of drug-likeness (QED) is 0.673. The second-order valence-corrected chi connectivity index (χ2v) is 6.77. The third kappa shape index (κ3) is 2.78. The molecular weight excluding hydrogens is 364 g/mol. The normalized spacial score (nSPS) is 11.6. The highest BCUT2D eigenvalue weighted by molar-refractivity contribution is 9.10. The van der Waals surface area contributed by atoms with Crippen molar-refractivity contribution < 1.29 is 0 Å². The first-order valence-electron chi connectivity index (χ1n) is 6.80. The van der Waals surface area contributed by atoms with Crippen LogP contribution in [0, 0.1) is 0 Å². The van der Waals surface area contributed by atoms with Gasteiger partial charge in [0, 0.05) is 15.1 Å². The van der Waals surface area contributed by atoms with Crippen LogP contribution in [0.5, 0.6) is 0 Å². The van der Waals surface area contributed by atoms with Crippen molar-refractivity contribution in [3.63, 3.8) is 0 Å². The average molecular weight is 378 g/mol. The maximum absolute atomic E-state index is 6.31. The summed E-state index contributed by atoms with van der Waals surface area (Å²) in [4.78, 5) is 1.60. The number of nitrogens with zero attached hydrogens (tertiary/aromatic N) is 4. The lowest BCUT2D eigenvalue weighted by molar-refractivity contribution is 0.337. The van der Waals surface area contributed by atoms with Gasteiger partial charge in [-0.3, -0.25) is 0 Å². The summed E-state index contributed by atoms with van der Waals surface area (Å²) in [5, 5.41) is 13.6.